The van der Waals surface area contributed by atoms with E-state index >= 15 is 0 Å². The van der Waals surface area contributed by atoms with Crippen LogP contribution in [-0.2, 0) is 0 Å². The number of para-hydroxylation sites is 1. The Labute approximate surface area is 116 Å². The number of nitrogens with two attached hydrogens (primary N) is 1. The number of hydrogen-bond acceptors (Lipinski definition) is 4. The van der Waals surface area contributed by atoms with Gasteiger partial charge in [-0.3, -0.25) is 0 Å². The Balaban J connectivity index is 2.70. The Morgan fingerprint density at radius 1 is 1.42 bits per heavy atom. The van der Waals surface area contributed by atoms with Crippen LogP contribution in [0.1, 0.15) is 34.1 Å². The highest BCUT2D eigenvalue weighted by molar-refractivity contribution is 5.72. The second-order valence-electron chi connectivity index (χ2n) is 5.60. The van der Waals surface area contributed by atoms with Gasteiger partial charge in [0.25, 0.3) is 0 Å². The average Bonchev–Trinajstić information content (AvgIpc) is 2.29. The van der Waals surface area contributed by atoms with Crippen molar-refractivity contribution in [1.82, 2.24) is 0 Å². The van der Waals surface area contributed by atoms with E-state index in [1.807, 2.05) is 32.0 Å². The van der Waals surface area contributed by atoms with Crippen LogP contribution < -0.4 is 15.8 Å². The van der Waals surface area contributed by atoms with E-state index < -0.39 is 5.60 Å². The molecule has 0 aliphatic carbocycles. The van der Waals surface area contributed by atoms with Gasteiger partial charge in [0.05, 0.1) is 23.6 Å². The molecule has 1 aromatic carbocycles. The van der Waals surface area contributed by atoms with Crippen LogP contribution in [-0.4, -0.2) is 23.9 Å². The fourth-order valence-corrected chi connectivity index (χ4v) is 2.22. The third-order valence-electron chi connectivity index (χ3n) is 2.87. The molecule has 0 aliphatic rings. The van der Waals surface area contributed by atoms with E-state index in [0.717, 1.165) is 12.1 Å². The van der Waals surface area contributed by atoms with E-state index in [2.05, 4.69) is 19.2 Å². The van der Waals surface area contributed by atoms with Crippen molar-refractivity contribution in [3.63, 3.8) is 0 Å². The number of rotatable bonds is 7. The van der Waals surface area contributed by atoms with Crippen LogP contribution in [0.25, 0.3) is 0 Å². The minimum Gasteiger partial charge on any atom is -0.492 e. The van der Waals surface area contributed by atoms with Crippen molar-refractivity contribution < 1.29 is 9.84 Å². The molecule has 0 saturated carbocycles. The number of hydrogen-bond donors (Lipinski definition) is 3. The molecule has 0 bridgehead atoms. The van der Waals surface area contributed by atoms with Gasteiger partial charge in [0.1, 0.15) is 5.75 Å². The molecule has 0 aliphatic heterocycles. The molecule has 1 atom stereocenters. The maximum absolute atomic E-state index is 10.3. The highest BCUT2D eigenvalue weighted by Gasteiger charge is 2.22. The van der Waals surface area contributed by atoms with E-state index in [-0.39, 0.29) is 0 Å². The van der Waals surface area contributed by atoms with Crippen molar-refractivity contribution in [3.05, 3.63) is 18.2 Å². The lowest BCUT2D eigenvalue weighted by Crippen LogP contribution is -2.35. The standard InChI is InChI=1S/C15H26N2O2/c1-5-19-13-8-6-7-12(14(13)16)17-10-15(4,18)9-11(2)3/h6-8,11,17-18H,5,9-10,16H2,1-4H3. The first-order chi connectivity index (χ1) is 8.85. The predicted octanol–water partition coefficient (Wildman–Crippen LogP) is 2.88. The topological polar surface area (TPSA) is 67.5 Å². The van der Waals surface area contributed by atoms with Gasteiger partial charge in [0, 0.05) is 6.54 Å². The molecule has 0 fully saturated rings. The SMILES string of the molecule is CCOc1cccc(NCC(C)(O)CC(C)C)c1N. The Hall–Kier alpha value is -1.42. The quantitative estimate of drug-likeness (QED) is 0.664. The van der Waals surface area contributed by atoms with E-state index in [9.17, 15) is 5.11 Å². The summed E-state index contributed by atoms with van der Waals surface area (Å²) in [4.78, 5) is 0. The van der Waals surface area contributed by atoms with E-state index in [1.165, 1.54) is 0 Å². The molecule has 4 heteroatoms. The smallest absolute Gasteiger partial charge is 0.144 e. The zero-order chi connectivity index (χ0) is 14.5. The zero-order valence-electron chi connectivity index (χ0n) is 12.4. The summed E-state index contributed by atoms with van der Waals surface area (Å²) >= 11 is 0. The molecule has 0 heterocycles. The fraction of sp³-hybridized carbons (Fsp3) is 0.600. The molecule has 1 rings (SSSR count). The molecule has 0 aromatic heterocycles. The monoisotopic (exact) mass is 266 g/mol. The lowest BCUT2D eigenvalue weighted by atomic mass is 9.94. The third kappa shape index (κ3) is 4.99. The summed E-state index contributed by atoms with van der Waals surface area (Å²) in [5, 5.41) is 13.5. The van der Waals surface area contributed by atoms with Crippen molar-refractivity contribution in [1.29, 1.82) is 0 Å². The van der Waals surface area contributed by atoms with Crippen LogP contribution in [0.3, 0.4) is 0 Å². The lowest BCUT2D eigenvalue weighted by molar-refractivity contribution is 0.0515. The van der Waals surface area contributed by atoms with E-state index in [1.54, 1.807) is 0 Å². The molecule has 0 spiro atoms. The van der Waals surface area contributed by atoms with Crippen LogP contribution in [0.5, 0.6) is 5.75 Å². The second-order valence-corrected chi connectivity index (χ2v) is 5.60. The summed E-state index contributed by atoms with van der Waals surface area (Å²) in [7, 11) is 0. The predicted molar refractivity (Wildman–Crippen MR) is 80.6 cm³/mol. The third-order valence-corrected chi connectivity index (χ3v) is 2.87. The van der Waals surface area contributed by atoms with Crippen LogP contribution in [0.4, 0.5) is 11.4 Å². The van der Waals surface area contributed by atoms with Gasteiger partial charge in [0.2, 0.25) is 0 Å². The molecule has 0 radical (unpaired) electrons. The van der Waals surface area contributed by atoms with Crippen molar-refractivity contribution in [2.45, 2.75) is 39.7 Å². The van der Waals surface area contributed by atoms with Crippen molar-refractivity contribution in [2.75, 3.05) is 24.2 Å². The Morgan fingerprint density at radius 3 is 2.68 bits per heavy atom. The molecule has 0 saturated heterocycles. The molecular weight excluding hydrogens is 240 g/mol. The molecule has 4 N–H and O–H groups in total. The zero-order valence-corrected chi connectivity index (χ0v) is 12.4. The van der Waals surface area contributed by atoms with Gasteiger partial charge < -0.3 is 20.9 Å². The normalized spacial score (nSPS) is 14.2. The molecule has 1 unspecified atom stereocenters. The van der Waals surface area contributed by atoms with Gasteiger partial charge in [-0.2, -0.15) is 0 Å². The summed E-state index contributed by atoms with van der Waals surface area (Å²) in [5.74, 6) is 1.12. The average molecular weight is 266 g/mol. The summed E-state index contributed by atoms with van der Waals surface area (Å²) in [6.07, 6.45) is 0.741. The lowest BCUT2D eigenvalue weighted by Gasteiger charge is -2.26. The van der Waals surface area contributed by atoms with Crippen molar-refractivity contribution >= 4 is 11.4 Å². The highest BCUT2D eigenvalue weighted by Crippen LogP contribution is 2.30. The summed E-state index contributed by atoms with van der Waals surface area (Å²) in [6, 6.07) is 5.63. The first kappa shape index (κ1) is 15.6. The second kappa shape index (κ2) is 6.66. The van der Waals surface area contributed by atoms with Crippen LogP contribution >= 0.6 is 0 Å². The molecule has 0 amide bonds. The Kier molecular flexibility index (Phi) is 5.48. The minimum atomic E-state index is -0.748. The number of ether oxygens (including phenoxy) is 1. The molecule has 4 nitrogen and oxygen atoms in total. The van der Waals surface area contributed by atoms with Gasteiger partial charge in [-0.05, 0) is 38.3 Å². The molecule has 19 heavy (non-hydrogen) atoms. The summed E-state index contributed by atoms with van der Waals surface area (Å²) in [6.45, 7) is 9.00. The highest BCUT2D eigenvalue weighted by atomic mass is 16.5. The molecule has 108 valence electrons. The van der Waals surface area contributed by atoms with E-state index in [0.29, 0.717) is 30.5 Å². The van der Waals surface area contributed by atoms with Gasteiger partial charge in [-0.1, -0.05) is 19.9 Å². The first-order valence-corrected chi connectivity index (χ1v) is 6.83. The van der Waals surface area contributed by atoms with Gasteiger partial charge in [-0.25, -0.2) is 0 Å². The number of nitrogens with one attached hydrogen (secondary N) is 1. The van der Waals surface area contributed by atoms with Crippen LogP contribution in [0.2, 0.25) is 0 Å². The largest absolute Gasteiger partial charge is 0.492 e. The van der Waals surface area contributed by atoms with Crippen LogP contribution in [0, 0.1) is 5.92 Å². The van der Waals surface area contributed by atoms with Gasteiger partial charge >= 0.3 is 0 Å². The Morgan fingerprint density at radius 2 is 2.11 bits per heavy atom. The maximum atomic E-state index is 10.3. The number of aliphatic hydroxyl groups is 1. The van der Waals surface area contributed by atoms with E-state index in [4.69, 9.17) is 10.5 Å². The van der Waals surface area contributed by atoms with Gasteiger partial charge in [-0.15, -0.1) is 0 Å². The summed E-state index contributed by atoms with van der Waals surface area (Å²) < 4.78 is 5.45. The number of anilines is 2. The molecular formula is C15H26N2O2. The van der Waals surface area contributed by atoms with Crippen molar-refractivity contribution in [3.8, 4) is 5.75 Å². The maximum Gasteiger partial charge on any atom is 0.144 e. The Bertz CT molecular complexity index is 403. The van der Waals surface area contributed by atoms with Crippen LogP contribution in [0.15, 0.2) is 18.2 Å². The first-order valence-electron chi connectivity index (χ1n) is 6.83. The summed E-state index contributed by atoms with van der Waals surface area (Å²) in [5.41, 5.74) is 6.67. The number of nitrogen functional groups attached to an aromatic ring is 1. The number of benzene rings is 1. The minimum absolute atomic E-state index is 0.448. The molecule has 1 aromatic rings. The van der Waals surface area contributed by atoms with Gasteiger partial charge in [0.15, 0.2) is 0 Å². The van der Waals surface area contributed by atoms with Crippen molar-refractivity contribution in [2.24, 2.45) is 5.92 Å². The fourth-order valence-electron chi connectivity index (χ4n) is 2.22.